The summed E-state index contributed by atoms with van der Waals surface area (Å²) in [7, 11) is 2.78. The number of hydrogen-bond donors (Lipinski definition) is 2. The molecule has 0 saturated carbocycles. The van der Waals surface area contributed by atoms with Crippen LogP contribution < -0.4 is 15.8 Å². The van der Waals surface area contributed by atoms with Gasteiger partial charge < -0.3 is 4.90 Å². The molecule has 0 aliphatic heterocycles. The van der Waals surface area contributed by atoms with Gasteiger partial charge in [0.1, 0.15) is 0 Å². The Morgan fingerprint density at radius 1 is 0.960 bits per heavy atom. The summed E-state index contributed by atoms with van der Waals surface area (Å²) in [6, 6.07) is 13.9. The van der Waals surface area contributed by atoms with Crippen molar-refractivity contribution in [3.63, 3.8) is 0 Å². The molecular formula is C18H21N3O3S. The number of rotatable bonds is 5. The normalized spacial score (nSPS) is 11.5. The molecule has 0 radical (unpaired) electrons. The first-order chi connectivity index (χ1) is 11.9. The highest BCUT2D eigenvalue weighted by atomic mass is 32.2. The Kier molecular flexibility index (Phi) is 6.30. The molecule has 2 aromatic carbocycles. The molecule has 2 aromatic rings. The summed E-state index contributed by atoms with van der Waals surface area (Å²) < 4.78 is 11.3. The van der Waals surface area contributed by atoms with Crippen molar-refractivity contribution in [3.8, 4) is 0 Å². The fourth-order valence-electron chi connectivity index (χ4n) is 2.22. The van der Waals surface area contributed by atoms with Gasteiger partial charge in [0, 0.05) is 53.7 Å². The Morgan fingerprint density at radius 3 is 2.08 bits per heavy atom. The molecule has 1 unspecified atom stereocenters. The summed E-state index contributed by atoms with van der Waals surface area (Å²) in [5.74, 6) is -0.450. The number of anilines is 1. The smallest absolute Gasteiger partial charge is 0.269 e. The number of nitrogens with one attached hydrogen (secondary N) is 2. The highest BCUT2D eigenvalue weighted by Crippen LogP contribution is 2.13. The van der Waals surface area contributed by atoms with Gasteiger partial charge in [-0.25, -0.2) is 0 Å². The first-order valence-electron chi connectivity index (χ1n) is 7.64. The fourth-order valence-corrected chi connectivity index (χ4v) is 2.87. The molecule has 2 rings (SSSR count). The van der Waals surface area contributed by atoms with Crippen molar-refractivity contribution in [2.24, 2.45) is 0 Å². The highest BCUT2D eigenvalue weighted by Gasteiger charge is 2.11. The maximum absolute atomic E-state index is 12.2. The van der Waals surface area contributed by atoms with Crippen LogP contribution in [-0.4, -0.2) is 36.4 Å². The van der Waals surface area contributed by atoms with E-state index in [-0.39, 0.29) is 0 Å². The van der Waals surface area contributed by atoms with Crippen LogP contribution in [0.3, 0.4) is 0 Å². The van der Waals surface area contributed by atoms with Crippen LogP contribution in [0.4, 0.5) is 5.69 Å². The van der Waals surface area contributed by atoms with E-state index in [0.29, 0.717) is 16.9 Å². The molecule has 0 aliphatic rings. The number of hydrogen-bond acceptors (Lipinski definition) is 4. The van der Waals surface area contributed by atoms with Crippen LogP contribution in [0.15, 0.2) is 48.5 Å². The zero-order valence-corrected chi connectivity index (χ0v) is 15.2. The van der Waals surface area contributed by atoms with Crippen molar-refractivity contribution >= 4 is 28.3 Å². The molecule has 0 aromatic heterocycles. The van der Waals surface area contributed by atoms with Crippen LogP contribution in [0.5, 0.6) is 0 Å². The van der Waals surface area contributed by atoms with Crippen LogP contribution in [0.1, 0.15) is 26.3 Å². The number of carbonyl (C=O) groups is 2. The van der Waals surface area contributed by atoms with E-state index in [1.165, 1.54) is 0 Å². The lowest BCUT2D eigenvalue weighted by Gasteiger charge is -2.13. The first kappa shape index (κ1) is 18.7. The van der Waals surface area contributed by atoms with Crippen molar-refractivity contribution in [1.29, 1.82) is 0 Å². The van der Waals surface area contributed by atoms with Crippen molar-refractivity contribution in [3.05, 3.63) is 65.2 Å². The highest BCUT2D eigenvalue weighted by molar-refractivity contribution is 7.83. The quantitative estimate of drug-likeness (QED) is 0.797. The molecule has 0 heterocycles. The molecule has 2 amide bonds. The number of amides is 2. The van der Waals surface area contributed by atoms with Crippen LogP contribution in [-0.2, 0) is 16.6 Å². The number of carbonyl (C=O) groups excluding carboxylic acids is 2. The van der Waals surface area contributed by atoms with Gasteiger partial charge in [0.2, 0.25) is 0 Å². The zero-order valence-electron chi connectivity index (χ0n) is 14.4. The van der Waals surface area contributed by atoms with Crippen LogP contribution >= 0.6 is 0 Å². The van der Waals surface area contributed by atoms with Gasteiger partial charge in [0.15, 0.2) is 0 Å². The third-order valence-corrected chi connectivity index (χ3v) is 4.21. The summed E-state index contributed by atoms with van der Waals surface area (Å²) >= 11 is 0. The summed E-state index contributed by atoms with van der Waals surface area (Å²) in [6.45, 7) is 0. The summed E-state index contributed by atoms with van der Waals surface area (Å²) in [5, 5.41) is 0. The van der Waals surface area contributed by atoms with Crippen molar-refractivity contribution in [2.45, 2.75) is 5.75 Å². The average Bonchev–Trinajstić information content (AvgIpc) is 2.59. The number of benzene rings is 2. The third-order valence-electron chi connectivity index (χ3n) is 3.47. The van der Waals surface area contributed by atoms with Crippen LogP contribution in [0.2, 0.25) is 0 Å². The predicted octanol–water partition coefficient (Wildman–Crippen LogP) is 1.71. The maximum atomic E-state index is 12.2. The maximum Gasteiger partial charge on any atom is 0.269 e. The lowest BCUT2D eigenvalue weighted by molar-refractivity contribution is 0.0846. The van der Waals surface area contributed by atoms with E-state index in [1.54, 1.807) is 42.7 Å². The summed E-state index contributed by atoms with van der Waals surface area (Å²) in [6.07, 6.45) is 1.61. The van der Waals surface area contributed by atoms with E-state index < -0.39 is 22.6 Å². The van der Waals surface area contributed by atoms with Gasteiger partial charge >= 0.3 is 0 Å². The van der Waals surface area contributed by atoms with E-state index in [1.807, 2.05) is 31.1 Å². The van der Waals surface area contributed by atoms with Crippen molar-refractivity contribution in [2.75, 3.05) is 25.3 Å². The second-order valence-corrected chi connectivity index (χ2v) is 7.21. The third kappa shape index (κ3) is 5.42. The molecule has 0 saturated heterocycles. The van der Waals surface area contributed by atoms with E-state index in [4.69, 9.17) is 0 Å². The van der Waals surface area contributed by atoms with Gasteiger partial charge in [0.05, 0.1) is 0 Å². The molecule has 0 fully saturated rings. The standard InChI is InChI=1S/C18H21N3O3S/c1-21(2)16-9-5-8-15(11-16)18(23)20-19-17(22)14-7-4-6-13(10-14)12-25(3)24/h4-11H,12H2,1-3H3,(H,19,22)(H,20,23). The minimum absolute atomic E-state index is 0.380. The number of nitrogens with zero attached hydrogens (tertiary/aromatic N) is 1. The lowest BCUT2D eigenvalue weighted by atomic mass is 10.1. The van der Waals surface area contributed by atoms with Gasteiger partial charge in [-0.15, -0.1) is 0 Å². The molecule has 6 nitrogen and oxygen atoms in total. The Morgan fingerprint density at radius 2 is 1.52 bits per heavy atom. The average molecular weight is 359 g/mol. The van der Waals surface area contributed by atoms with Gasteiger partial charge in [-0.1, -0.05) is 18.2 Å². The first-order valence-corrected chi connectivity index (χ1v) is 9.36. The van der Waals surface area contributed by atoms with Gasteiger partial charge in [-0.3, -0.25) is 24.6 Å². The Bertz CT molecular complexity index is 806. The van der Waals surface area contributed by atoms with E-state index in [9.17, 15) is 13.8 Å². The summed E-state index contributed by atoms with van der Waals surface area (Å²) in [5.41, 5.74) is 7.34. The minimum atomic E-state index is -0.986. The zero-order chi connectivity index (χ0) is 18.4. The molecule has 132 valence electrons. The largest absolute Gasteiger partial charge is 0.378 e. The monoisotopic (exact) mass is 359 g/mol. The van der Waals surface area contributed by atoms with Crippen molar-refractivity contribution < 1.29 is 13.8 Å². The van der Waals surface area contributed by atoms with Crippen LogP contribution in [0, 0.1) is 0 Å². The second kappa shape index (κ2) is 8.43. The molecule has 7 heteroatoms. The topological polar surface area (TPSA) is 78.5 Å². The predicted molar refractivity (Wildman–Crippen MR) is 99.9 cm³/mol. The summed E-state index contributed by atoms with van der Waals surface area (Å²) in [4.78, 5) is 26.3. The van der Waals surface area contributed by atoms with Gasteiger partial charge in [0.25, 0.3) is 11.8 Å². The minimum Gasteiger partial charge on any atom is -0.378 e. The Hall–Kier alpha value is -2.67. The fraction of sp³-hybridized carbons (Fsp3) is 0.222. The molecular weight excluding hydrogens is 338 g/mol. The van der Waals surface area contributed by atoms with Crippen LogP contribution in [0.25, 0.3) is 0 Å². The van der Waals surface area contributed by atoms with Gasteiger partial charge in [-0.2, -0.15) is 0 Å². The second-order valence-electron chi connectivity index (χ2n) is 5.77. The molecule has 0 spiro atoms. The van der Waals surface area contributed by atoms with Gasteiger partial charge in [-0.05, 0) is 35.9 Å². The SMILES string of the molecule is CN(C)c1cccc(C(=O)NNC(=O)c2cccc(CS(C)=O)c2)c1. The molecule has 0 aliphatic carbocycles. The molecule has 0 bridgehead atoms. The Balaban J connectivity index is 2.01. The Labute approximate surface area is 149 Å². The lowest BCUT2D eigenvalue weighted by Crippen LogP contribution is -2.41. The van der Waals surface area contributed by atoms with Crippen molar-refractivity contribution in [1.82, 2.24) is 10.9 Å². The number of hydrazine groups is 1. The molecule has 2 N–H and O–H groups in total. The van der Waals surface area contributed by atoms with E-state index in [2.05, 4.69) is 10.9 Å². The molecule has 1 atom stereocenters. The van der Waals surface area contributed by atoms with E-state index in [0.717, 1.165) is 11.3 Å². The van der Waals surface area contributed by atoms with E-state index >= 15 is 0 Å². The molecule has 25 heavy (non-hydrogen) atoms.